The van der Waals surface area contributed by atoms with Crippen molar-refractivity contribution in [1.29, 1.82) is 0 Å². The van der Waals surface area contributed by atoms with Crippen molar-refractivity contribution < 1.29 is 21.6 Å². The second-order valence-electron chi connectivity index (χ2n) is 5.32. The predicted octanol–water partition coefficient (Wildman–Crippen LogP) is 2.17. The van der Waals surface area contributed by atoms with Gasteiger partial charge in [0.25, 0.3) is 5.56 Å². The molecule has 0 fully saturated rings. The van der Waals surface area contributed by atoms with Gasteiger partial charge in [0.05, 0.1) is 17.0 Å². The zero-order valence-electron chi connectivity index (χ0n) is 12.9. The lowest BCUT2D eigenvalue weighted by molar-refractivity contribution is -0.137. The van der Waals surface area contributed by atoms with E-state index in [1.165, 1.54) is 32.3 Å². The number of hydrogen-bond acceptors (Lipinski definition) is 3. The monoisotopic (exact) mass is 360 g/mol. The highest BCUT2D eigenvalue weighted by atomic mass is 32.2. The summed E-state index contributed by atoms with van der Waals surface area (Å²) in [6.45, 7) is -0.167. The summed E-state index contributed by atoms with van der Waals surface area (Å²) in [6, 6.07) is 6.78. The molecular formula is C15H15F3N2O3S. The Kier molecular flexibility index (Phi) is 4.86. The molecule has 0 aliphatic carbocycles. The van der Waals surface area contributed by atoms with Gasteiger partial charge in [0.1, 0.15) is 0 Å². The van der Waals surface area contributed by atoms with Gasteiger partial charge in [0.15, 0.2) is 0 Å². The molecule has 9 heteroatoms. The Morgan fingerprint density at radius 1 is 1.12 bits per heavy atom. The molecule has 0 aliphatic heterocycles. The van der Waals surface area contributed by atoms with Crippen LogP contribution in [0.4, 0.5) is 13.2 Å². The molecule has 0 spiro atoms. The van der Waals surface area contributed by atoms with E-state index in [-0.39, 0.29) is 17.0 Å². The quantitative estimate of drug-likeness (QED) is 0.840. The lowest BCUT2D eigenvalue weighted by atomic mass is 10.1. The van der Waals surface area contributed by atoms with Gasteiger partial charge in [-0.1, -0.05) is 12.1 Å². The second kappa shape index (κ2) is 6.40. The molecule has 0 N–H and O–H groups in total. The highest BCUT2D eigenvalue weighted by Crippen LogP contribution is 2.29. The van der Waals surface area contributed by atoms with Crippen molar-refractivity contribution in [3.63, 3.8) is 0 Å². The topological polar surface area (TPSA) is 59.4 Å². The van der Waals surface area contributed by atoms with Gasteiger partial charge < -0.3 is 4.57 Å². The Labute approximate surface area is 137 Å². The Morgan fingerprint density at radius 3 is 2.38 bits per heavy atom. The van der Waals surface area contributed by atoms with Gasteiger partial charge in [0, 0.05) is 26.4 Å². The van der Waals surface area contributed by atoms with Gasteiger partial charge in [-0.05, 0) is 23.8 Å². The summed E-state index contributed by atoms with van der Waals surface area (Å²) >= 11 is 0. The number of sulfonamides is 1. The van der Waals surface area contributed by atoms with Crippen LogP contribution in [-0.2, 0) is 22.7 Å². The predicted molar refractivity (Wildman–Crippen MR) is 82.1 cm³/mol. The summed E-state index contributed by atoms with van der Waals surface area (Å²) < 4.78 is 64.5. The molecule has 24 heavy (non-hydrogen) atoms. The lowest BCUT2D eigenvalue weighted by Gasteiger charge is -2.14. The first-order valence-electron chi connectivity index (χ1n) is 6.81. The fourth-order valence-electron chi connectivity index (χ4n) is 2.04. The molecule has 130 valence electrons. The molecule has 0 unspecified atom stereocenters. The SMILES string of the molecule is CN(C)S(=O)(=O)c1ccc(=O)n(Cc2cccc(C(F)(F)F)c2)c1. The number of alkyl halides is 3. The zero-order valence-corrected chi connectivity index (χ0v) is 13.7. The van der Waals surface area contributed by atoms with E-state index in [9.17, 15) is 26.4 Å². The highest BCUT2D eigenvalue weighted by Gasteiger charge is 2.30. The third kappa shape index (κ3) is 3.85. The zero-order chi connectivity index (χ0) is 18.1. The molecule has 0 saturated heterocycles. The number of rotatable bonds is 4. The maximum Gasteiger partial charge on any atom is 0.416 e. The largest absolute Gasteiger partial charge is 0.416 e. The van der Waals surface area contributed by atoms with Gasteiger partial charge >= 0.3 is 6.18 Å². The molecule has 2 rings (SSSR count). The van der Waals surface area contributed by atoms with Crippen molar-refractivity contribution >= 4 is 10.0 Å². The van der Waals surface area contributed by atoms with Crippen molar-refractivity contribution in [3.05, 3.63) is 64.1 Å². The molecule has 0 radical (unpaired) electrons. The smallest absolute Gasteiger partial charge is 0.310 e. The maximum atomic E-state index is 12.7. The van der Waals surface area contributed by atoms with Gasteiger partial charge in [-0.25, -0.2) is 12.7 Å². The van der Waals surface area contributed by atoms with E-state index in [1.54, 1.807) is 0 Å². The Morgan fingerprint density at radius 2 is 1.79 bits per heavy atom. The molecule has 1 aromatic heterocycles. The van der Waals surface area contributed by atoms with Gasteiger partial charge in [-0.2, -0.15) is 13.2 Å². The summed E-state index contributed by atoms with van der Waals surface area (Å²) in [7, 11) is -1.06. The third-order valence-corrected chi connectivity index (χ3v) is 5.14. The van der Waals surface area contributed by atoms with Crippen LogP contribution in [0, 0.1) is 0 Å². The summed E-state index contributed by atoms with van der Waals surface area (Å²) in [4.78, 5) is 11.8. The molecular weight excluding hydrogens is 345 g/mol. The Bertz CT molecular complexity index is 903. The average Bonchev–Trinajstić information content (AvgIpc) is 2.48. The van der Waals surface area contributed by atoms with Crippen molar-refractivity contribution in [2.45, 2.75) is 17.6 Å². The van der Waals surface area contributed by atoms with E-state index in [1.807, 2.05) is 0 Å². The van der Waals surface area contributed by atoms with E-state index >= 15 is 0 Å². The summed E-state index contributed by atoms with van der Waals surface area (Å²) in [5.41, 5.74) is -1.10. The minimum Gasteiger partial charge on any atom is -0.310 e. The van der Waals surface area contributed by atoms with E-state index in [0.717, 1.165) is 33.3 Å². The third-order valence-electron chi connectivity index (χ3n) is 3.34. The first-order valence-corrected chi connectivity index (χ1v) is 8.25. The van der Waals surface area contributed by atoms with Gasteiger partial charge in [-0.3, -0.25) is 4.79 Å². The number of halogens is 3. The average molecular weight is 360 g/mol. The first kappa shape index (κ1) is 18.2. The number of nitrogens with zero attached hydrogens (tertiary/aromatic N) is 2. The normalized spacial score (nSPS) is 12.6. The maximum absolute atomic E-state index is 12.7. The van der Waals surface area contributed by atoms with E-state index in [0.29, 0.717) is 0 Å². The second-order valence-corrected chi connectivity index (χ2v) is 7.47. The van der Waals surface area contributed by atoms with E-state index in [2.05, 4.69) is 0 Å². The molecule has 0 amide bonds. The number of pyridine rings is 1. The van der Waals surface area contributed by atoms with Crippen molar-refractivity contribution in [2.24, 2.45) is 0 Å². The fraction of sp³-hybridized carbons (Fsp3) is 0.267. The van der Waals surface area contributed by atoms with Gasteiger partial charge in [-0.15, -0.1) is 0 Å². The Balaban J connectivity index is 2.43. The van der Waals surface area contributed by atoms with Crippen LogP contribution in [0.3, 0.4) is 0 Å². The van der Waals surface area contributed by atoms with Crippen molar-refractivity contribution in [3.8, 4) is 0 Å². The minimum absolute atomic E-state index is 0.112. The molecule has 0 atom stereocenters. The molecule has 0 bridgehead atoms. The molecule has 0 aliphatic rings. The van der Waals surface area contributed by atoms with Gasteiger partial charge in [0.2, 0.25) is 10.0 Å². The van der Waals surface area contributed by atoms with Crippen molar-refractivity contribution in [1.82, 2.24) is 8.87 Å². The van der Waals surface area contributed by atoms with Crippen LogP contribution in [0.1, 0.15) is 11.1 Å². The summed E-state index contributed by atoms with van der Waals surface area (Å²) in [5, 5.41) is 0. The van der Waals surface area contributed by atoms with Crippen LogP contribution in [0.25, 0.3) is 0 Å². The number of hydrogen-bond donors (Lipinski definition) is 0. The summed E-state index contributed by atoms with van der Waals surface area (Å²) in [6.07, 6.45) is -3.37. The molecule has 5 nitrogen and oxygen atoms in total. The molecule has 0 saturated carbocycles. The summed E-state index contributed by atoms with van der Waals surface area (Å²) in [5.74, 6) is 0. The highest BCUT2D eigenvalue weighted by molar-refractivity contribution is 7.89. The fourth-order valence-corrected chi connectivity index (χ4v) is 2.96. The number of aromatic nitrogens is 1. The minimum atomic E-state index is -4.49. The standard InChI is InChI=1S/C15H15F3N2O3S/c1-19(2)24(22,23)13-6-7-14(21)20(10-13)9-11-4-3-5-12(8-11)15(16,17)18/h3-8,10H,9H2,1-2H3. The van der Waals surface area contributed by atoms with Crippen LogP contribution < -0.4 is 5.56 Å². The van der Waals surface area contributed by atoms with Crippen LogP contribution >= 0.6 is 0 Å². The van der Waals surface area contributed by atoms with Crippen molar-refractivity contribution in [2.75, 3.05) is 14.1 Å². The van der Waals surface area contributed by atoms with Crippen LogP contribution in [-0.4, -0.2) is 31.4 Å². The molecule has 1 aromatic carbocycles. The Hall–Kier alpha value is -2.13. The van der Waals surface area contributed by atoms with E-state index < -0.39 is 27.3 Å². The molecule has 2 aromatic rings. The van der Waals surface area contributed by atoms with Crippen LogP contribution in [0.2, 0.25) is 0 Å². The first-order chi connectivity index (χ1) is 11.0. The van der Waals surface area contributed by atoms with E-state index in [4.69, 9.17) is 0 Å². The van der Waals surface area contributed by atoms with Crippen LogP contribution in [0.15, 0.2) is 52.3 Å². The molecule has 1 heterocycles. The lowest BCUT2D eigenvalue weighted by Crippen LogP contribution is -2.26. The number of benzene rings is 1. The van der Waals surface area contributed by atoms with Crippen LogP contribution in [0.5, 0.6) is 0 Å².